The van der Waals surface area contributed by atoms with Gasteiger partial charge in [-0.3, -0.25) is 0 Å². The highest BCUT2D eigenvalue weighted by atomic mass is 79.9. The van der Waals surface area contributed by atoms with Gasteiger partial charge in [0.1, 0.15) is 12.4 Å². The molecule has 0 amide bonds. The van der Waals surface area contributed by atoms with Gasteiger partial charge >= 0.3 is 0 Å². The predicted octanol–water partition coefficient (Wildman–Crippen LogP) is 3.28. The van der Waals surface area contributed by atoms with Gasteiger partial charge in [0, 0.05) is 5.33 Å². The summed E-state index contributed by atoms with van der Waals surface area (Å²) in [5, 5.41) is 10.2. The van der Waals surface area contributed by atoms with Crippen LogP contribution in [0.2, 0.25) is 0 Å². The Hall–Kier alpha value is -1.52. The van der Waals surface area contributed by atoms with E-state index >= 15 is 0 Å². The molecule has 2 aromatic rings. The van der Waals surface area contributed by atoms with Crippen molar-refractivity contribution < 1.29 is 9.84 Å². The number of benzene rings is 2. The smallest absolute Gasteiger partial charge is 0.142 e. The van der Waals surface area contributed by atoms with Crippen LogP contribution < -0.4 is 10.5 Å². The lowest BCUT2D eigenvalue weighted by molar-refractivity contribution is 0.205. The van der Waals surface area contributed by atoms with Gasteiger partial charge in [0.05, 0.1) is 11.8 Å². The Kier molecular flexibility index (Phi) is 4.82. The molecule has 0 heterocycles. The molecular weight excluding hydrogens is 306 g/mol. The van der Waals surface area contributed by atoms with Gasteiger partial charge in [-0.15, -0.1) is 0 Å². The van der Waals surface area contributed by atoms with Crippen LogP contribution in [0.3, 0.4) is 0 Å². The van der Waals surface area contributed by atoms with E-state index in [-0.39, 0.29) is 0 Å². The Morgan fingerprint density at radius 2 is 1.89 bits per heavy atom. The van der Waals surface area contributed by atoms with E-state index in [1.54, 1.807) is 12.1 Å². The van der Waals surface area contributed by atoms with E-state index in [0.717, 1.165) is 11.1 Å². The summed E-state index contributed by atoms with van der Waals surface area (Å²) in [5.41, 5.74) is 8.33. The van der Waals surface area contributed by atoms with Crippen molar-refractivity contribution in [1.82, 2.24) is 0 Å². The number of hydrogen-bond donors (Lipinski definition) is 2. The van der Waals surface area contributed by atoms with Crippen LogP contribution in [-0.2, 0) is 6.61 Å². The maximum absolute atomic E-state index is 9.71. The summed E-state index contributed by atoms with van der Waals surface area (Å²) in [5.74, 6) is 0.634. The Bertz CT molecular complexity index is 531. The van der Waals surface area contributed by atoms with Crippen molar-refractivity contribution in [3.8, 4) is 5.75 Å². The summed E-state index contributed by atoms with van der Waals surface area (Å²) in [6.45, 7) is 0.478. The SMILES string of the molecule is Nc1cc([C@@H](O)CBr)ccc1OCc1ccccc1. The van der Waals surface area contributed by atoms with Crippen molar-refractivity contribution in [2.24, 2.45) is 0 Å². The number of nitrogen functional groups attached to an aromatic ring is 1. The van der Waals surface area contributed by atoms with E-state index in [0.29, 0.717) is 23.4 Å². The summed E-state index contributed by atoms with van der Waals surface area (Å²) >= 11 is 3.23. The van der Waals surface area contributed by atoms with Crippen molar-refractivity contribution in [2.45, 2.75) is 12.7 Å². The molecule has 0 saturated heterocycles. The monoisotopic (exact) mass is 321 g/mol. The van der Waals surface area contributed by atoms with E-state index in [4.69, 9.17) is 10.5 Å². The molecule has 0 aliphatic rings. The molecule has 0 unspecified atom stereocenters. The zero-order chi connectivity index (χ0) is 13.7. The quantitative estimate of drug-likeness (QED) is 0.656. The lowest BCUT2D eigenvalue weighted by Crippen LogP contribution is -2.02. The Labute approximate surface area is 121 Å². The summed E-state index contributed by atoms with van der Waals surface area (Å²) in [7, 11) is 0. The van der Waals surface area contributed by atoms with E-state index in [9.17, 15) is 5.11 Å². The van der Waals surface area contributed by atoms with Crippen LogP contribution in [0.5, 0.6) is 5.75 Å². The van der Waals surface area contributed by atoms with Crippen molar-refractivity contribution in [3.63, 3.8) is 0 Å². The van der Waals surface area contributed by atoms with Gasteiger partial charge in [0.15, 0.2) is 0 Å². The topological polar surface area (TPSA) is 55.5 Å². The van der Waals surface area contributed by atoms with Gasteiger partial charge in [0.25, 0.3) is 0 Å². The lowest BCUT2D eigenvalue weighted by atomic mass is 10.1. The molecule has 0 fully saturated rings. The third-order valence-electron chi connectivity index (χ3n) is 2.80. The average Bonchev–Trinajstić information content (AvgIpc) is 2.46. The van der Waals surface area contributed by atoms with Crippen molar-refractivity contribution in [3.05, 3.63) is 59.7 Å². The molecule has 0 spiro atoms. The second-order valence-corrected chi connectivity index (χ2v) is 4.89. The minimum absolute atomic E-state index is 0.478. The molecular formula is C15H16BrNO2. The van der Waals surface area contributed by atoms with Crippen LogP contribution in [0.1, 0.15) is 17.2 Å². The maximum Gasteiger partial charge on any atom is 0.142 e. The van der Waals surface area contributed by atoms with Gasteiger partial charge in [-0.05, 0) is 23.3 Å². The summed E-state index contributed by atoms with van der Waals surface area (Å²) in [4.78, 5) is 0. The van der Waals surface area contributed by atoms with E-state index in [2.05, 4.69) is 15.9 Å². The van der Waals surface area contributed by atoms with Crippen molar-refractivity contribution >= 4 is 21.6 Å². The first kappa shape index (κ1) is 13.9. The fraction of sp³-hybridized carbons (Fsp3) is 0.200. The summed E-state index contributed by atoms with van der Waals surface area (Å²) in [6, 6.07) is 15.3. The lowest BCUT2D eigenvalue weighted by Gasteiger charge is -2.12. The highest BCUT2D eigenvalue weighted by molar-refractivity contribution is 9.09. The highest BCUT2D eigenvalue weighted by Gasteiger charge is 2.08. The van der Waals surface area contributed by atoms with Gasteiger partial charge in [-0.25, -0.2) is 0 Å². The van der Waals surface area contributed by atoms with E-state index < -0.39 is 6.10 Å². The molecule has 0 radical (unpaired) electrons. The molecule has 0 aliphatic heterocycles. The molecule has 0 aliphatic carbocycles. The van der Waals surface area contributed by atoms with Gasteiger partial charge < -0.3 is 15.6 Å². The molecule has 0 bridgehead atoms. The maximum atomic E-state index is 9.71. The van der Waals surface area contributed by atoms with Crippen LogP contribution in [-0.4, -0.2) is 10.4 Å². The number of alkyl halides is 1. The molecule has 0 saturated carbocycles. The fourth-order valence-electron chi connectivity index (χ4n) is 1.73. The first-order valence-electron chi connectivity index (χ1n) is 6.01. The van der Waals surface area contributed by atoms with Crippen LogP contribution in [0, 0.1) is 0 Å². The van der Waals surface area contributed by atoms with E-state index in [1.165, 1.54) is 0 Å². The van der Waals surface area contributed by atoms with Crippen molar-refractivity contribution in [2.75, 3.05) is 11.1 Å². The van der Waals surface area contributed by atoms with Crippen LogP contribution in [0.15, 0.2) is 48.5 Å². The standard InChI is InChI=1S/C15H16BrNO2/c16-9-14(18)12-6-7-15(13(17)8-12)19-10-11-4-2-1-3-5-11/h1-8,14,18H,9-10,17H2/t14-/m0/s1. The van der Waals surface area contributed by atoms with Gasteiger partial charge in [-0.2, -0.15) is 0 Å². The third-order valence-corrected chi connectivity index (χ3v) is 3.42. The number of aliphatic hydroxyl groups is 1. The van der Waals surface area contributed by atoms with Crippen LogP contribution in [0.25, 0.3) is 0 Å². The molecule has 0 aromatic heterocycles. The highest BCUT2D eigenvalue weighted by Crippen LogP contribution is 2.27. The van der Waals surface area contributed by atoms with Gasteiger partial charge in [0.2, 0.25) is 0 Å². The molecule has 2 rings (SSSR count). The number of nitrogens with two attached hydrogens (primary N) is 1. The number of halogens is 1. The van der Waals surface area contributed by atoms with Crippen LogP contribution >= 0.6 is 15.9 Å². The number of aliphatic hydroxyl groups excluding tert-OH is 1. The fourth-order valence-corrected chi connectivity index (χ4v) is 2.10. The molecule has 4 heteroatoms. The average molecular weight is 322 g/mol. The largest absolute Gasteiger partial charge is 0.487 e. The molecule has 2 aromatic carbocycles. The zero-order valence-corrected chi connectivity index (χ0v) is 12.0. The first-order valence-corrected chi connectivity index (χ1v) is 7.13. The second-order valence-electron chi connectivity index (χ2n) is 4.24. The number of rotatable bonds is 5. The Morgan fingerprint density at radius 1 is 1.16 bits per heavy atom. The Balaban J connectivity index is 2.05. The molecule has 3 nitrogen and oxygen atoms in total. The minimum Gasteiger partial charge on any atom is -0.487 e. The predicted molar refractivity (Wildman–Crippen MR) is 80.4 cm³/mol. The first-order chi connectivity index (χ1) is 9.20. The summed E-state index contributed by atoms with van der Waals surface area (Å²) in [6.07, 6.45) is -0.550. The Morgan fingerprint density at radius 3 is 2.53 bits per heavy atom. The number of anilines is 1. The summed E-state index contributed by atoms with van der Waals surface area (Å²) < 4.78 is 5.67. The number of ether oxygens (including phenoxy) is 1. The number of hydrogen-bond acceptors (Lipinski definition) is 3. The minimum atomic E-state index is -0.550. The van der Waals surface area contributed by atoms with Crippen molar-refractivity contribution in [1.29, 1.82) is 0 Å². The molecule has 100 valence electrons. The molecule has 19 heavy (non-hydrogen) atoms. The molecule has 3 N–H and O–H groups in total. The zero-order valence-electron chi connectivity index (χ0n) is 10.4. The second kappa shape index (κ2) is 6.59. The van der Waals surface area contributed by atoms with E-state index in [1.807, 2.05) is 36.4 Å². The third kappa shape index (κ3) is 3.72. The van der Waals surface area contributed by atoms with Crippen LogP contribution in [0.4, 0.5) is 5.69 Å². The van der Waals surface area contributed by atoms with Gasteiger partial charge in [-0.1, -0.05) is 52.3 Å². The normalized spacial score (nSPS) is 12.1. The molecule has 1 atom stereocenters.